The van der Waals surface area contributed by atoms with Crippen molar-refractivity contribution in [1.29, 1.82) is 0 Å². The van der Waals surface area contributed by atoms with Crippen molar-refractivity contribution in [2.75, 3.05) is 18.0 Å². The molecule has 24 heavy (non-hydrogen) atoms. The first-order chi connectivity index (χ1) is 11.6. The maximum atomic E-state index is 10.9. The number of rotatable bonds is 3. The molecule has 0 bridgehead atoms. The number of hydrogen-bond acceptors (Lipinski definition) is 4. The van der Waals surface area contributed by atoms with Crippen LogP contribution in [-0.2, 0) is 6.42 Å². The lowest BCUT2D eigenvalue weighted by atomic mass is 9.79. The van der Waals surface area contributed by atoms with Crippen LogP contribution in [0.1, 0.15) is 18.9 Å². The third kappa shape index (κ3) is 3.04. The zero-order valence-electron chi connectivity index (χ0n) is 13.9. The molecule has 4 heteroatoms. The molecule has 2 atom stereocenters. The molecule has 3 nitrogen and oxygen atoms in total. The Morgan fingerprint density at radius 2 is 1.92 bits per heavy atom. The van der Waals surface area contributed by atoms with Crippen molar-refractivity contribution < 1.29 is 5.11 Å². The monoisotopic (exact) mass is 338 g/mol. The van der Waals surface area contributed by atoms with Gasteiger partial charge in [-0.3, -0.25) is 0 Å². The minimum atomic E-state index is -0.622. The van der Waals surface area contributed by atoms with Gasteiger partial charge in [-0.15, -0.1) is 0 Å². The standard InChI is InChI=1S/C20H22N2OS/c1-20(23)11-12-22(14-16(20)13-15-7-3-2-4-8-15)19-21-17-9-5-6-10-18(17)24-19/h2-10,16,23H,11-14H2,1H3/t16-,20+/m1/s1. The Bertz CT molecular complexity index is 795. The average molecular weight is 338 g/mol. The summed E-state index contributed by atoms with van der Waals surface area (Å²) in [6, 6.07) is 18.7. The van der Waals surface area contributed by atoms with E-state index in [4.69, 9.17) is 4.98 Å². The highest BCUT2D eigenvalue weighted by Crippen LogP contribution is 2.36. The predicted molar refractivity (Wildman–Crippen MR) is 101 cm³/mol. The first-order valence-electron chi connectivity index (χ1n) is 8.49. The van der Waals surface area contributed by atoms with Crippen LogP contribution in [0, 0.1) is 5.92 Å². The normalized spacial score (nSPS) is 24.4. The van der Waals surface area contributed by atoms with Gasteiger partial charge in [-0.2, -0.15) is 0 Å². The van der Waals surface area contributed by atoms with Gasteiger partial charge in [-0.1, -0.05) is 53.8 Å². The van der Waals surface area contributed by atoms with Gasteiger partial charge < -0.3 is 10.0 Å². The summed E-state index contributed by atoms with van der Waals surface area (Å²) in [5, 5.41) is 11.9. The fourth-order valence-electron chi connectivity index (χ4n) is 3.47. The molecule has 1 saturated heterocycles. The van der Waals surface area contributed by atoms with Gasteiger partial charge in [0.25, 0.3) is 0 Å². The SMILES string of the molecule is C[C@]1(O)CCN(c2nc3ccccc3s2)C[C@H]1Cc1ccccc1. The zero-order chi connectivity index (χ0) is 16.6. The minimum absolute atomic E-state index is 0.209. The van der Waals surface area contributed by atoms with Crippen LogP contribution in [0.2, 0.25) is 0 Å². The highest BCUT2D eigenvalue weighted by Gasteiger charge is 2.38. The number of benzene rings is 2. The number of piperidine rings is 1. The van der Waals surface area contributed by atoms with Crippen molar-refractivity contribution >= 4 is 26.7 Å². The van der Waals surface area contributed by atoms with E-state index in [1.54, 1.807) is 11.3 Å². The van der Waals surface area contributed by atoms with E-state index in [0.29, 0.717) is 0 Å². The molecule has 0 radical (unpaired) electrons. The second-order valence-corrected chi connectivity index (χ2v) is 7.91. The van der Waals surface area contributed by atoms with Gasteiger partial charge >= 0.3 is 0 Å². The summed E-state index contributed by atoms with van der Waals surface area (Å²) in [6.45, 7) is 3.69. The Morgan fingerprint density at radius 1 is 1.17 bits per heavy atom. The molecule has 2 heterocycles. The van der Waals surface area contributed by atoms with Crippen molar-refractivity contribution in [1.82, 2.24) is 4.98 Å². The molecule has 0 unspecified atom stereocenters. The van der Waals surface area contributed by atoms with Gasteiger partial charge in [-0.05, 0) is 37.5 Å². The summed E-state index contributed by atoms with van der Waals surface area (Å²) in [4.78, 5) is 7.13. The molecular weight excluding hydrogens is 316 g/mol. The van der Waals surface area contributed by atoms with E-state index in [1.165, 1.54) is 10.3 Å². The van der Waals surface area contributed by atoms with Crippen LogP contribution in [0.25, 0.3) is 10.2 Å². The fourth-order valence-corrected chi connectivity index (χ4v) is 4.47. The molecule has 1 aliphatic heterocycles. The third-order valence-electron chi connectivity index (χ3n) is 5.09. The van der Waals surface area contributed by atoms with Crippen LogP contribution in [0.4, 0.5) is 5.13 Å². The molecule has 0 amide bonds. The van der Waals surface area contributed by atoms with E-state index in [1.807, 2.05) is 19.1 Å². The minimum Gasteiger partial charge on any atom is -0.390 e. The van der Waals surface area contributed by atoms with Crippen LogP contribution in [0.15, 0.2) is 54.6 Å². The van der Waals surface area contributed by atoms with Crippen LogP contribution >= 0.6 is 11.3 Å². The Balaban J connectivity index is 1.57. The maximum absolute atomic E-state index is 10.9. The first kappa shape index (κ1) is 15.6. The number of anilines is 1. The van der Waals surface area contributed by atoms with E-state index >= 15 is 0 Å². The summed E-state index contributed by atoms with van der Waals surface area (Å²) in [6.07, 6.45) is 1.68. The lowest BCUT2D eigenvalue weighted by Gasteiger charge is -2.42. The largest absolute Gasteiger partial charge is 0.390 e. The molecule has 4 rings (SSSR count). The van der Waals surface area contributed by atoms with Crippen molar-refractivity contribution in [3.8, 4) is 0 Å². The number of hydrogen-bond donors (Lipinski definition) is 1. The summed E-state index contributed by atoms with van der Waals surface area (Å²) >= 11 is 1.75. The Labute approximate surface area is 146 Å². The Kier molecular flexibility index (Phi) is 4.02. The van der Waals surface area contributed by atoms with Crippen LogP contribution in [0.5, 0.6) is 0 Å². The molecule has 1 aliphatic rings. The van der Waals surface area contributed by atoms with Gasteiger partial charge in [-0.25, -0.2) is 4.98 Å². The van der Waals surface area contributed by atoms with E-state index in [2.05, 4.69) is 47.4 Å². The fraction of sp³-hybridized carbons (Fsp3) is 0.350. The van der Waals surface area contributed by atoms with Crippen molar-refractivity contribution in [2.45, 2.75) is 25.4 Å². The highest BCUT2D eigenvalue weighted by atomic mass is 32.1. The molecule has 0 spiro atoms. The summed E-state index contributed by atoms with van der Waals surface area (Å²) in [7, 11) is 0. The van der Waals surface area contributed by atoms with Gasteiger partial charge in [0, 0.05) is 19.0 Å². The molecule has 1 fully saturated rings. The number of thiazole rings is 1. The summed E-state index contributed by atoms with van der Waals surface area (Å²) in [5.41, 5.74) is 1.73. The van der Waals surface area contributed by atoms with Crippen molar-refractivity contribution in [3.63, 3.8) is 0 Å². The van der Waals surface area contributed by atoms with Crippen LogP contribution in [-0.4, -0.2) is 28.8 Å². The van der Waals surface area contributed by atoms with E-state index in [-0.39, 0.29) is 5.92 Å². The molecule has 2 aromatic carbocycles. The van der Waals surface area contributed by atoms with Crippen LogP contribution in [0.3, 0.4) is 0 Å². The Hall–Kier alpha value is -1.91. The van der Waals surface area contributed by atoms with Crippen molar-refractivity contribution in [2.24, 2.45) is 5.92 Å². The second-order valence-electron chi connectivity index (χ2n) is 6.90. The lowest BCUT2D eigenvalue weighted by Crippen LogP contribution is -2.51. The molecular formula is C20H22N2OS. The summed E-state index contributed by atoms with van der Waals surface area (Å²) in [5.74, 6) is 0.209. The smallest absolute Gasteiger partial charge is 0.186 e. The molecule has 0 saturated carbocycles. The topological polar surface area (TPSA) is 36.4 Å². The predicted octanol–water partition coefficient (Wildman–Crippen LogP) is 4.12. The number of aromatic nitrogens is 1. The number of aliphatic hydroxyl groups is 1. The van der Waals surface area contributed by atoms with Gasteiger partial charge in [0.05, 0.1) is 15.8 Å². The maximum Gasteiger partial charge on any atom is 0.186 e. The van der Waals surface area contributed by atoms with Crippen molar-refractivity contribution in [3.05, 3.63) is 60.2 Å². The average Bonchev–Trinajstić information content (AvgIpc) is 3.01. The number of fused-ring (bicyclic) bond motifs is 1. The third-order valence-corrected chi connectivity index (χ3v) is 6.18. The molecule has 1 aromatic heterocycles. The van der Waals surface area contributed by atoms with Gasteiger partial charge in [0.15, 0.2) is 5.13 Å². The molecule has 1 N–H and O–H groups in total. The number of nitrogens with zero attached hydrogens (tertiary/aromatic N) is 2. The zero-order valence-corrected chi connectivity index (χ0v) is 14.7. The summed E-state index contributed by atoms with van der Waals surface area (Å²) < 4.78 is 1.23. The molecule has 124 valence electrons. The first-order valence-corrected chi connectivity index (χ1v) is 9.30. The lowest BCUT2D eigenvalue weighted by molar-refractivity contribution is -0.0166. The van der Waals surface area contributed by atoms with Crippen LogP contribution < -0.4 is 4.90 Å². The quantitative estimate of drug-likeness (QED) is 0.780. The second kappa shape index (κ2) is 6.19. The van der Waals surface area contributed by atoms with E-state index in [0.717, 1.165) is 36.6 Å². The van der Waals surface area contributed by atoms with Gasteiger partial charge in [0.2, 0.25) is 0 Å². The van der Waals surface area contributed by atoms with E-state index < -0.39 is 5.60 Å². The van der Waals surface area contributed by atoms with E-state index in [9.17, 15) is 5.11 Å². The Morgan fingerprint density at radius 3 is 2.71 bits per heavy atom. The molecule has 0 aliphatic carbocycles. The highest BCUT2D eigenvalue weighted by molar-refractivity contribution is 7.22. The molecule has 3 aromatic rings. The number of para-hydroxylation sites is 1. The van der Waals surface area contributed by atoms with Gasteiger partial charge in [0.1, 0.15) is 0 Å².